The zero-order chi connectivity index (χ0) is 17.9. The molecule has 128 valence electrons. The lowest BCUT2D eigenvalue weighted by Gasteiger charge is -2.21. The summed E-state index contributed by atoms with van der Waals surface area (Å²) in [6, 6.07) is 9.45. The van der Waals surface area contributed by atoms with Crippen LogP contribution in [0.1, 0.15) is 13.3 Å². The molecular formula is C17H18O6S. The van der Waals surface area contributed by atoms with E-state index in [4.69, 9.17) is 4.74 Å². The quantitative estimate of drug-likeness (QED) is 0.336. The van der Waals surface area contributed by atoms with Crippen molar-refractivity contribution in [2.24, 2.45) is 5.92 Å². The molecule has 0 unspecified atom stereocenters. The third-order valence-corrected chi connectivity index (χ3v) is 3.66. The Balaban J connectivity index is 2.85. The molecule has 0 aliphatic heterocycles. The summed E-state index contributed by atoms with van der Waals surface area (Å²) in [4.78, 5) is 35.9. The molecule has 0 spiro atoms. The van der Waals surface area contributed by atoms with Gasteiger partial charge in [0, 0.05) is 18.2 Å². The normalized spacial score (nSPS) is 12.1. The average molecular weight is 350 g/mol. The van der Waals surface area contributed by atoms with Crippen molar-refractivity contribution in [3.05, 3.63) is 30.3 Å². The van der Waals surface area contributed by atoms with E-state index in [1.165, 1.54) is 18.9 Å². The fourth-order valence-electron chi connectivity index (χ4n) is 1.79. The molecule has 0 amide bonds. The van der Waals surface area contributed by atoms with Gasteiger partial charge in [-0.3, -0.25) is 9.59 Å². The summed E-state index contributed by atoms with van der Waals surface area (Å²) >= 11 is 1.28. The number of ether oxygens (including phenoxy) is 3. The van der Waals surface area contributed by atoms with Gasteiger partial charge in [0.15, 0.2) is 0 Å². The summed E-state index contributed by atoms with van der Waals surface area (Å²) in [5.74, 6) is -0.506. The van der Waals surface area contributed by atoms with Crippen LogP contribution in [0.25, 0.3) is 0 Å². The lowest BCUT2D eigenvalue weighted by atomic mass is 9.99. The van der Waals surface area contributed by atoms with Crippen LogP contribution in [0.5, 0.6) is 0 Å². The van der Waals surface area contributed by atoms with Crippen molar-refractivity contribution >= 4 is 29.7 Å². The molecule has 24 heavy (non-hydrogen) atoms. The molecule has 0 aliphatic carbocycles. The molecule has 0 saturated heterocycles. The lowest BCUT2D eigenvalue weighted by molar-refractivity contribution is -0.174. The Morgan fingerprint density at radius 1 is 1.08 bits per heavy atom. The second-order valence-corrected chi connectivity index (χ2v) is 5.46. The molecule has 6 nitrogen and oxygen atoms in total. The zero-order valence-electron chi connectivity index (χ0n) is 13.6. The molecule has 0 aliphatic rings. The van der Waals surface area contributed by atoms with Crippen LogP contribution < -0.4 is 0 Å². The first kappa shape index (κ1) is 19.6. The molecule has 7 heteroatoms. The first-order valence-electron chi connectivity index (χ1n) is 7.02. The van der Waals surface area contributed by atoms with E-state index in [1.807, 2.05) is 30.3 Å². The maximum absolute atomic E-state index is 11.9. The van der Waals surface area contributed by atoms with Crippen molar-refractivity contribution in [3.63, 3.8) is 0 Å². The van der Waals surface area contributed by atoms with Gasteiger partial charge >= 0.3 is 17.9 Å². The molecule has 0 heterocycles. The monoisotopic (exact) mass is 350 g/mol. The maximum atomic E-state index is 11.9. The molecule has 0 saturated carbocycles. The molecule has 0 radical (unpaired) electrons. The Morgan fingerprint density at radius 2 is 1.71 bits per heavy atom. The number of carbonyl (C=O) groups is 3. The van der Waals surface area contributed by atoms with Crippen LogP contribution in [0.15, 0.2) is 35.2 Å². The summed E-state index contributed by atoms with van der Waals surface area (Å²) in [6.45, 7) is 1.14. The fraction of sp³-hybridized carbons (Fsp3) is 0.353. The predicted molar refractivity (Wildman–Crippen MR) is 87.8 cm³/mol. The van der Waals surface area contributed by atoms with Gasteiger partial charge in [0.1, 0.15) is 5.92 Å². The maximum Gasteiger partial charge on any atom is 0.348 e. The van der Waals surface area contributed by atoms with Crippen molar-refractivity contribution in [2.45, 2.75) is 24.3 Å². The fourth-order valence-corrected chi connectivity index (χ4v) is 2.36. The SMILES string of the molecule is COC(=O)[C@@H](CC#CSc1ccccc1)[C@@H](OC(C)=O)C(=O)OC. The van der Waals surface area contributed by atoms with Crippen molar-refractivity contribution < 1.29 is 28.6 Å². The van der Waals surface area contributed by atoms with Gasteiger partial charge in [0.05, 0.1) is 14.2 Å². The number of thioether (sulfide) groups is 1. The van der Waals surface area contributed by atoms with Crippen LogP contribution >= 0.6 is 11.8 Å². The van der Waals surface area contributed by atoms with E-state index in [0.29, 0.717) is 0 Å². The molecular weight excluding hydrogens is 332 g/mol. The summed E-state index contributed by atoms with van der Waals surface area (Å²) < 4.78 is 14.2. The van der Waals surface area contributed by atoms with Gasteiger partial charge in [-0.2, -0.15) is 0 Å². The van der Waals surface area contributed by atoms with Crippen LogP contribution in [-0.4, -0.2) is 38.2 Å². The highest BCUT2D eigenvalue weighted by atomic mass is 32.2. The molecule has 1 aromatic carbocycles. The smallest absolute Gasteiger partial charge is 0.348 e. The summed E-state index contributed by atoms with van der Waals surface area (Å²) in [5.41, 5.74) is 0. The highest BCUT2D eigenvalue weighted by molar-refractivity contribution is 8.03. The van der Waals surface area contributed by atoms with Gasteiger partial charge in [-0.25, -0.2) is 4.79 Å². The molecule has 1 rings (SSSR count). The first-order valence-corrected chi connectivity index (χ1v) is 7.83. The van der Waals surface area contributed by atoms with E-state index < -0.39 is 29.9 Å². The highest BCUT2D eigenvalue weighted by Crippen LogP contribution is 2.18. The number of hydrogen-bond acceptors (Lipinski definition) is 7. The number of carbonyl (C=O) groups excluding carboxylic acids is 3. The number of hydrogen-bond donors (Lipinski definition) is 0. The molecule has 0 bridgehead atoms. The second kappa shape index (κ2) is 10.3. The summed E-state index contributed by atoms with van der Waals surface area (Å²) in [6.07, 6.45) is -1.41. The summed E-state index contributed by atoms with van der Waals surface area (Å²) in [5, 5.41) is 2.84. The van der Waals surface area contributed by atoms with Gasteiger partial charge in [-0.05, 0) is 29.1 Å². The topological polar surface area (TPSA) is 78.9 Å². The Bertz CT molecular complexity index is 631. The standard InChI is InChI=1S/C17H18O6S/c1-12(18)23-15(17(20)22-3)14(16(19)21-2)10-7-11-24-13-8-5-4-6-9-13/h4-6,8-9,14-15H,10H2,1-3H3/t14-,15+/m0/s1. The lowest BCUT2D eigenvalue weighted by Crippen LogP contribution is -2.39. The Labute approximate surface area is 144 Å². The minimum absolute atomic E-state index is 0.0143. The molecule has 2 atom stereocenters. The van der Waals surface area contributed by atoms with E-state index in [0.717, 1.165) is 18.9 Å². The number of rotatable bonds is 6. The molecule has 0 N–H and O–H groups in total. The molecule has 0 fully saturated rings. The van der Waals surface area contributed by atoms with Gasteiger partial charge in [0.2, 0.25) is 6.10 Å². The predicted octanol–water partition coefficient (Wildman–Crippen LogP) is 2.02. The van der Waals surface area contributed by atoms with Crippen LogP contribution in [0.4, 0.5) is 0 Å². The van der Waals surface area contributed by atoms with Gasteiger partial charge in [-0.15, -0.1) is 0 Å². The van der Waals surface area contributed by atoms with Crippen LogP contribution in [0.3, 0.4) is 0 Å². The van der Waals surface area contributed by atoms with Crippen molar-refractivity contribution in [2.75, 3.05) is 14.2 Å². The van der Waals surface area contributed by atoms with Gasteiger partial charge in [0.25, 0.3) is 0 Å². The number of benzene rings is 1. The van der Waals surface area contributed by atoms with Crippen LogP contribution in [0.2, 0.25) is 0 Å². The summed E-state index contributed by atoms with van der Waals surface area (Å²) in [7, 11) is 2.33. The van der Waals surface area contributed by atoms with Crippen molar-refractivity contribution in [1.82, 2.24) is 0 Å². The highest BCUT2D eigenvalue weighted by Gasteiger charge is 2.37. The largest absolute Gasteiger partial charge is 0.469 e. The van der Waals surface area contributed by atoms with Crippen LogP contribution in [0, 0.1) is 17.1 Å². The Hall–Kier alpha value is -2.46. The minimum atomic E-state index is -1.39. The van der Waals surface area contributed by atoms with Gasteiger partial charge < -0.3 is 14.2 Å². The zero-order valence-corrected chi connectivity index (χ0v) is 14.4. The average Bonchev–Trinajstić information content (AvgIpc) is 2.59. The minimum Gasteiger partial charge on any atom is -0.469 e. The molecule has 1 aromatic rings. The Kier molecular flexibility index (Phi) is 8.44. The molecule has 0 aromatic heterocycles. The Morgan fingerprint density at radius 3 is 2.25 bits per heavy atom. The van der Waals surface area contributed by atoms with E-state index in [9.17, 15) is 14.4 Å². The number of esters is 3. The van der Waals surface area contributed by atoms with Crippen molar-refractivity contribution in [3.8, 4) is 11.2 Å². The third-order valence-electron chi connectivity index (χ3n) is 2.90. The van der Waals surface area contributed by atoms with Crippen molar-refractivity contribution in [1.29, 1.82) is 0 Å². The van der Waals surface area contributed by atoms with E-state index >= 15 is 0 Å². The van der Waals surface area contributed by atoms with Gasteiger partial charge in [-0.1, -0.05) is 24.1 Å². The van der Waals surface area contributed by atoms with E-state index in [1.54, 1.807) is 0 Å². The van der Waals surface area contributed by atoms with E-state index in [2.05, 4.69) is 20.6 Å². The first-order chi connectivity index (χ1) is 11.5. The van der Waals surface area contributed by atoms with E-state index in [-0.39, 0.29) is 6.42 Å². The second-order valence-electron chi connectivity index (χ2n) is 4.58. The third kappa shape index (κ3) is 6.34. The van der Waals surface area contributed by atoms with Crippen LogP contribution in [-0.2, 0) is 28.6 Å². The number of methoxy groups -OCH3 is 2.